The number of hydrogen-bond acceptors (Lipinski definition) is 12. The van der Waals surface area contributed by atoms with Gasteiger partial charge in [0.25, 0.3) is 0 Å². The molecule has 1 fully saturated rings. The van der Waals surface area contributed by atoms with Crippen LogP contribution in [0.15, 0.2) is 40.9 Å². The second kappa shape index (κ2) is 11.9. The fourth-order valence-corrected chi connectivity index (χ4v) is 6.67. The zero-order chi connectivity index (χ0) is 26.5. The van der Waals surface area contributed by atoms with Crippen molar-refractivity contribution in [2.24, 2.45) is 4.47 Å². The molecule has 13 nitrogen and oxygen atoms in total. The highest BCUT2D eigenvalue weighted by atomic mass is 32.2. The summed E-state index contributed by atoms with van der Waals surface area (Å²) in [7, 11) is -0.444. The minimum atomic E-state index is -0.444. The molecule has 0 aromatic carbocycles. The summed E-state index contributed by atoms with van der Waals surface area (Å²) in [5.41, 5.74) is 15.7. The minimum Gasteiger partial charge on any atom is -0.384 e. The van der Waals surface area contributed by atoms with Gasteiger partial charge in [0.05, 0.1) is 30.1 Å². The van der Waals surface area contributed by atoms with Crippen LogP contribution in [-0.4, -0.2) is 48.3 Å². The standard InChI is InChI=1S/C23H29N11O2S2/c24-18-8-2-5-15(27-18)11-20(35)26-13-38-33-32-34(38)17-7-1-4-14(10-17)22-30-31-23(37-22)29-21(36)12-16-6-3-9-19(25)28-16/h2-3,5-6,8-9,14,17,32H,1,4,7,10-13H2,(H2,24,27)(H2,25,28)(H,26,35)(H,29,31,36)/t14?,17-,38?/m0/s1. The quantitative estimate of drug-likeness (QED) is 0.258. The second-order valence-electron chi connectivity index (χ2n) is 9.07. The minimum absolute atomic E-state index is 0.115. The Balaban J connectivity index is 1.10. The van der Waals surface area contributed by atoms with Gasteiger partial charge in [-0.2, -0.15) is 4.41 Å². The van der Waals surface area contributed by atoms with Gasteiger partial charge in [-0.15, -0.1) is 20.2 Å². The van der Waals surface area contributed by atoms with Gasteiger partial charge >= 0.3 is 0 Å². The van der Waals surface area contributed by atoms with Crippen molar-refractivity contribution in [1.29, 1.82) is 0 Å². The number of hydrazine groups is 1. The maximum atomic E-state index is 12.4. The number of carbonyl (C=O) groups excluding carboxylic acids is 2. The number of hydrogen-bond donors (Lipinski definition) is 5. The van der Waals surface area contributed by atoms with Crippen molar-refractivity contribution in [2.75, 3.05) is 22.7 Å². The van der Waals surface area contributed by atoms with Crippen molar-refractivity contribution in [1.82, 2.24) is 35.4 Å². The Bertz CT molecular complexity index is 1350. The van der Waals surface area contributed by atoms with E-state index in [4.69, 9.17) is 11.5 Å². The van der Waals surface area contributed by atoms with Crippen LogP contribution in [0.1, 0.15) is 48.0 Å². The molecule has 5 rings (SSSR count). The van der Waals surface area contributed by atoms with Crippen LogP contribution in [-0.2, 0) is 33.3 Å². The Kier molecular flexibility index (Phi) is 8.17. The summed E-state index contributed by atoms with van der Waals surface area (Å²) in [4.78, 5) is 33.1. The fourth-order valence-electron chi connectivity index (χ4n) is 4.45. The topological polar surface area (TPSA) is 189 Å². The molecular weight excluding hydrogens is 526 g/mol. The lowest BCUT2D eigenvalue weighted by Crippen LogP contribution is -2.55. The number of nitrogens with one attached hydrogen (secondary N) is 3. The first kappa shape index (κ1) is 26.1. The predicted octanol–water partition coefficient (Wildman–Crippen LogP) is 1.47. The first-order chi connectivity index (χ1) is 18.4. The van der Waals surface area contributed by atoms with Crippen molar-refractivity contribution in [2.45, 2.75) is 50.5 Å². The molecule has 0 saturated heterocycles. The molecule has 0 bridgehead atoms. The van der Waals surface area contributed by atoms with E-state index in [9.17, 15) is 9.59 Å². The van der Waals surface area contributed by atoms with Crippen molar-refractivity contribution in [3.8, 4) is 0 Å². The van der Waals surface area contributed by atoms with E-state index < -0.39 is 10.9 Å². The predicted molar refractivity (Wildman–Crippen MR) is 146 cm³/mol. The lowest BCUT2D eigenvalue weighted by atomic mass is 9.86. The van der Waals surface area contributed by atoms with Crippen LogP contribution in [0.25, 0.3) is 0 Å². The van der Waals surface area contributed by atoms with Gasteiger partial charge in [-0.05, 0) is 43.5 Å². The normalized spacial score (nSPS) is 21.2. The van der Waals surface area contributed by atoms with E-state index in [-0.39, 0.29) is 36.6 Å². The lowest BCUT2D eigenvalue weighted by molar-refractivity contribution is -0.120. The van der Waals surface area contributed by atoms with Gasteiger partial charge < -0.3 is 22.1 Å². The third-order valence-corrected chi connectivity index (χ3v) is 8.75. The fraction of sp³-hybridized carbons (Fsp3) is 0.391. The van der Waals surface area contributed by atoms with Gasteiger partial charge in [-0.1, -0.05) is 29.9 Å². The summed E-state index contributed by atoms with van der Waals surface area (Å²) < 4.78 is 6.49. The van der Waals surface area contributed by atoms with E-state index in [0.29, 0.717) is 34.0 Å². The van der Waals surface area contributed by atoms with E-state index in [1.165, 1.54) is 11.3 Å². The molecule has 2 unspecified atom stereocenters. The monoisotopic (exact) mass is 555 g/mol. The number of amides is 2. The summed E-state index contributed by atoms with van der Waals surface area (Å²) in [6, 6.07) is 10.7. The van der Waals surface area contributed by atoms with Gasteiger partial charge in [0.1, 0.15) is 16.6 Å². The summed E-state index contributed by atoms with van der Waals surface area (Å²) in [5, 5.41) is 15.7. The van der Waals surface area contributed by atoms with Crippen LogP contribution in [0.5, 0.6) is 0 Å². The van der Waals surface area contributed by atoms with E-state index in [1.807, 2.05) is 0 Å². The van der Waals surface area contributed by atoms with Gasteiger partial charge in [-0.25, -0.2) is 9.97 Å². The third-order valence-electron chi connectivity index (χ3n) is 6.22. The number of aromatic nitrogens is 4. The molecule has 38 heavy (non-hydrogen) atoms. The maximum absolute atomic E-state index is 12.4. The average Bonchev–Trinajstić information content (AvgIpc) is 3.32. The molecule has 3 atom stereocenters. The second-order valence-corrected chi connectivity index (χ2v) is 11.6. The van der Waals surface area contributed by atoms with Crippen LogP contribution < -0.4 is 27.6 Å². The number of pyridine rings is 2. The summed E-state index contributed by atoms with van der Waals surface area (Å²) in [5.74, 6) is 1.13. The summed E-state index contributed by atoms with van der Waals surface area (Å²) in [6.07, 6.45) is 4.26. The highest BCUT2D eigenvalue weighted by molar-refractivity contribution is 7.85. The van der Waals surface area contributed by atoms with E-state index in [0.717, 1.165) is 30.7 Å². The molecular formula is C23H29N11O2S2. The highest BCUT2D eigenvalue weighted by Gasteiger charge is 2.34. The molecule has 1 aliphatic carbocycles. The van der Waals surface area contributed by atoms with Crippen LogP contribution in [0.3, 0.4) is 0 Å². The highest BCUT2D eigenvalue weighted by Crippen LogP contribution is 2.38. The number of nitrogens with two attached hydrogens (primary N) is 2. The molecule has 4 heterocycles. The molecule has 2 amide bonds. The number of nitrogen functional groups attached to an aromatic ring is 2. The molecule has 1 saturated carbocycles. The number of nitrogens with zero attached hydrogens (tertiary/aromatic N) is 6. The lowest BCUT2D eigenvalue weighted by Gasteiger charge is -2.40. The molecule has 3 aromatic rings. The Hall–Kier alpha value is -3.53. The van der Waals surface area contributed by atoms with Crippen molar-refractivity contribution >= 4 is 50.8 Å². The Morgan fingerprint density at radius 3 is 2.39 bits per heavy atom. The smallest absolute Gasteiger partial charge is 0.232 e. The van der Waals surface area contributed by atoms with Gasteiger partial charge in [0, 0.05) is 22.8 Å². The molecule has 1 aliphatic heterocycles. The number of rotatable bonds is 9. The first-order valence-corrected chi connectivity index (χ1v) is 14.3. The first-order valence-electron chi connectivity index (χ1n) is 12.2. The van der Waals surface area contributed by atoms with E-state index in [1.54, 1.807) is 36.4 Å². The Morgan fingerprint density at radius 1 is 1.03 bits per heavy atom. The maximum Gasteiger partial charge on any atom is 0.232 e. The van der Waals surface area contributed by atoms with Gasteiger partial charge in [0.15, 0.2) is 0 Å². The Labute approximate surface area is 226 Å². The van der Waals surface area contributed by atoms with Crippen LogP contribution in [0.4, 0.5) is 16.8 Å². The molecule has 2 aliphatic rings. The van der Waals surface area contributed by atoms with E-state index in [2.05, 4.69) is 45.2 Å². The van der Waals surface area contributed by atoms with Crippen molar-refractivity contribution in [3.63, 3.8) is 0 Å². The van der Waals surface area contributed by atoms with Gasteiger partial charge in [0.2, 0.25) is 16.9 Å². The zero-order valence-electron chi connectivity index (χ0n) is 20.5. The summed E-state index contributed by atoms with van der Waals surface area (Å²) in [6.45, 7) is 0. The Morgan fingerprint density at radius 2 is 1.74 bits per heavy atom. The largest absolute Gasteiger partial charge is 0.384 e. The van der Waals surface area contributed by atoms with Gasteiger partial charge in [-0.3, -0.25) is 9.59 Å². The average molecular weight is 556 g/mol. The molecule has 15 heteroatoms. The van der Waals surface area contributed by atoms with Crippen LogP contribution in [0.2, 0.25) is 0 Å². The molecule has 3 aromatic heterocycles. The van der Waals surface area contributed by atoms with Crippen molar-refractivity contribution in [3.05, 3.63) is 52.8 Å². The van der Waals surface area contributed by atoms with Crippen LogP contribution >= 0.6 is 11.3 Å². The summed E-state index contributed by atoms with van der Waals surface area (Å²) >= 11 is 1.41. The van der Waals surface area contributed by atoms with Crippen molar-refractivity contribution < 1.29 is 9.59 Å². The molecule has 0 spiro atoms. The molecule has 200 valence electrons. The third kappa shape index (κ3) is 6.66. The zero-order valence-corrected chi connectivity index (χ0v) is 22.2. The van der Waals surface area contributed by atoms with E-state index >= 15 is 0 Å². The number of carbonyl (C=O) groups is 2. The van der Waals surface area contributed by atoms with Crippen LogP contribution in [0, 0.1) is 0 Å². The molecule has 7 N–H and O–H groups in total. The SMILES string of the molecule is Nc1cccc(CC(=O)NCS2=NNN2[C@H]2CCCC(c3nnc(NC(=O)Cc4cccc(N)n4)s3)C2)n1. The molecule has 0 radical (unpaired) electrons. The number of anilines is 3.